The first-order valence-electron chi connectivity index (χ1n) is 10.4. The lowest BCUT2D eigenvalue weighted by atomic mass is 10.1. The van der Waals surface area contributed by atoms with Crippen LogP contribution in [0.5, 0.6) is 17.2 Å². The zero-order valence-corrected chi connectivity index (χ0v) is 18.5. The minimum atomic E-state index is 0.579. The van der Waals surface area contributed by atoms with Crippen molar-refractivity contribution in [3.8, 4) is 17.2 Å². The van der Waals surface area contributed by atoms with Gasteiger partial charge in [-0.25, -0.2) is 0 Å². The minimum Gasteiger partial charge on any atom is -0.493 e. The third-order valence-corrected chi connectivity index (χ3v) is 4.48. The van der Waals surface area contributed by atoms with E-state index >= 15 is 0 Å². The maximum absolute atomic E-state index is 6.00. The van der Waals surface area contributed by atoms with E-state index in [2.05, 4.69) is 22.1 Å². The lowest BCUT2D eigenvalue weighted by molar-refractivity contribution is 0.214. The SMILES string of the molecule is C/C=C/COc1cc(C)c(OCCCOc2ccc(CC/C=N/OC)cc2)c(C)c1. The Morgan fingerprint density at radius 2 is 1.60 bits per heavy atom. The van der Waals surface area contributed by atoms with Crippen LogP contribution in [0.3, 0.4) is 0 Å². The molecule has 0 spiro atoms. The van der Waals surface area contributed by atoms with E-state index in [0.29, 0.717) is 19.8 Å². The largest absolute Gasteiger partial charge is 0.493 e. The van der Waals surface area contributed by atoms with E-state index in [-0.39, 0.29) is 0 Å². The third kappa shape index (κ3) is 8.19. The molecule has 0 radical (unpaired) electrons. The first-order valence-corrected chi connectivity index (χ1v) is 10.4. The summed E-state index contributed by atoms with van der Waals surface area (Å²) in [5, 5.41) is 3.74. The molecule has 0 aliphatic heterocycles. The summed E-state index contributed by atoms with van der Waals surface area (Å²) < 4.78 is 17.5. The summed E-state index contributed by atoms with van der Waals surface area (Å²) in [5.41, 5.74) is 3.41. The molecule has 5 heteroatoms. The van der Waals surface area contributed by atoms with E-state index in [9.17, 15) is 0 Å². The van der Waals surface area contributed by atoms with Crippen LogP contribution in [-0.4, -0.2) is 33.1 Å². The van der Waals surface area contributed by atoms with Gasteiger partial charge < -0.3 is 19.0 Å². The molecule has 0 aromatic heterocycles. The van der Waals surface area contributed by atoms with Crippen molar-refractivity contribution >= 4 is 6.21 Å². The lowest BCUT2D eigenvalue weighted by Crippen LogP contribution is -2.07. The van der Waals surface area contributed by atoms with Crippen LogP contribution >= 0.6 is 0 Å². The van der Waals surface area contributed by atoms with Crippen LogP contribution in [0.15, 0.2) is 53.7 Å². The number of hydrogen-bond donors (Lipinski definition) is 0. The van der Waals surface area contributed by atoms with Gasteiger partial charge in [-0.15, -0.1) is 0 Å². The second-order valence-corrected chi connectivity index (χ2v) is 6.97. The summed E-state index contributed by atoms with van der Waals surface area (Å²) in [6.07, 6.45) is 8.34. The molecule has 0 aliphatic carbocycles. The fraction of sp³-hybridized carbons (Fsp3) is 0.400. The smallest absolute Gasteiger partial charge is 0.125 e. The number of aryl methyl sites for hydroxylation is 3. The number of hydrogen-bond acceptors (Lipinski definition) is 5. The van der Waals surface area contributed by atoms with E-state index in [1.54, 1.807) is 13.3 Å². The molecular weight excluding hydrogens is 378 g/mol. The highest BCUT2D eigenvalue weighted by Gasteiger charge is 2.07. The minimum absolute atomic E-state index is 0.579. The molecule has 0 atom stereocenters. The molecule has 0 saturated carbocycles. The Morgan fingerprint density at radius 1 is 0.900 bits per heavy atom. The van der Waals surface area contributed by atoms with Gasteiger partial charge in [0.05, 0.1) is 13.2 Å². The first-order chi connectivity index (χ1) is 14.6. The van der Waals surface area contributed by atoms with Crippen molar-refractivity contribution in [1.29, 1.82) is 0 Å². The van der Waals surface area contributed by atoms with Crippen LogP contribution in [0.1, 0.15) is 36.5 Å². The van der Waals surface area contributed by atoms with Gasteiger partial charge in [-0.1, -0.05) is 29.4 Å². The van der Waals surface area contributed by atoms with Gasteiger partial charge in [0, 0.05) is 12.6 Å². The topological polar surface area (TPSA) is 49.3 Å². The Labute approximate surface area is 180 Å². The van der Waals surface area contributed by atoms with Gasteiger partial charge in [-0.3, -0.25) is 0 Å². The summed E-state index contributed by atoms with van der Waals surface area (Å²) >= 11 is 0. The normalized spacial score (nSPS) is 11.2. The first kappa shape index (κ1) is 23.3. The number of rotatable bonds is 13. The predicted octanol–water partition coefficient (Wildman–Crippen LogP) is 5.67. The van der Waals surface area contributed by atoms with Crippen molar-refractivity contribution in [3.05, 3.63) is 65.2 Å². The van der Waals surface area contributed by atoms with Gasteiger partial charge in [0.15, 0.2) is 0 Å². The Bertz CT molecular complexity index is 789. The van der Waals surface area contributed by atoms with E-state index in [0.717, 1.165) is 47.6 Å². The monoisotopic (exact) mass is 411 g/mol. The van der Waals surface area contributed by atoms with Crippen LogP contribution < -0.4 is 14.2 Å². The highest BCUT2D eigenvalue weighted by Crippen LogP contribution is 2.28. The molecular formula is C25H33NO4. The van der Waals surface area contributed by atoms with E-state index in [1.807, 2.05) is 57.2 Å². The highest BCUT2D eigenvalue weighted by molar-refractivity contribution is 5.56. The summed E-state index contributed by atoms with van der Waals surface area (Å²) in [5.74, 6) is 2.67. The van der Waals surface area contributed by atoms with Gasteiger partial charge in [-0.2, -0.15) is 0 Å². The predicted molar refractivity (Wildman–Crippen MR) is 122 cm³/mol. The molecule has 0 amide bonds. The maximum Gasteiger partial charge on any atom is 0.125 e. The van der Waals surface area contributed by atoms with E-state index in [4.69, 9.17) is 14.2 Å². The molecule has 2 rings (SSSR count). The molecule has 2 aromatic rings. The van der Waals surface area contributed by atoms with Gasteiger partial charge >= 0.3 is 0 Å². The van der Waals surface area contributed by atoms with Gasteiger partial charge in [0.25, 0.3) is 0 Å². The second-order valence-electron chi connectivity index (χ2n) is 6.97. The molecule has 0 saturated heterocycles. The van der Waals surface area contributed by atoms with E-state index in [1.165, 1.54) is 5.56 Å². The average molecular weight is 412 g/mol. The zero-order chi connectivity index (χ0) is 21.6. The molecule has 5 nitrogen and oxygen atoms in total. The molecule has 0 aliphatic rings. The number of benzene rings is 2. The van der Waals surface area contributed by atoms with Gasteiger partial charge in [0.2, 0.25) is 0 Å². The molecule has 0 heterocycles. The second kappa shape index (κ2) is 13.3. The van der Waals surface area contributed by atoms with Crippen LogP contribution in [-0.2, 0) is 11.3 Å². The Kier molecular flexibility index (Phi) is 10.3. The molecule has 0 bridgehead atoms. The lowest BCUT2D eigenvalue weighted by Gasteiger charge is -2.14. The number of nitrogens with zero attached hydrogens (tertiary/aromatic N) is 1. The van der Waals surface area contributed by atoms with Crippen molar-refractivity contribution in [2.75, 3.05) is 26.9 Å². The fourth-order valence-electron chi connectivity index (χ4n) is 3.00. The van der Waals surface area contributed by atoms with E-state index < -0.39 is 0 Å². The summed E-state index contributed by atoms with van der Waals surface area (Å²) in [4.78, 5) is 4.66. The molecule has 0 unspecified atom stereocenters. The maximum atomic E-state index is 6.00. The molecule has 2 aromatic carbocycles. The summed E-state index contributed by atoms with van der Waals surface area (Å²) in [6.45, 7) is 7.88. The van der Waals surface area contributed by atoms with Crippen LogP contribution in [0, 0.1) is 13.8 Å². The highest BCUT2D eigenvalue weighted by atomic mass is 16.6. The average Bonchev–Trinajstić information content (AvgIpc) is 2.74. The molecule has 162 valence electrons. The summed E-state index contributed by atoms with van der Waals surface area (Å²) in [6, 6.07) is 12.2. The third-order valence-electron chi connectivity index (χ3n) is 4.48. The van der Waals surface area contributed by atoms with Crippen LogP contribution in [0.2, 0.25) is 0 Å². The fourth-order valence-corrected chi connectivity index (χ4v) is 3.00. The molecule has 0 N–H and O–H groups in total. The van der Waals surface area contributed by atoms with Crippen molar-refractivity contribution in [2.24, 2.45) is 5.16 Å². The zero-order valence-electron chi connectivity index (χ0n) is 18.5. The van der Waals surface area contributed by atoms with Gasteiger partial charge in [0.1, 0.15) is 31.0 Å². The number of ether oxygens (including phenoxy) is 3. The number of oxime groups is 1. The molecule has 0 fully saturated rings. The van der Waals surface area contributed by atoms with Crippen molar-refractivity contribution in [3.63, 3.8) is 0 Å². The quantitative estimate of drug-likeness (QED) is 0.184. The Hall–Kier alpha value is -2.95. The standard InChI is InChI=1S/C25H33NO4/c1-5-6-15-29-24-18-20(2)25(21(3)19-24)30-17-8-16-28-23-12-10-22(11-13-23)9-7-14-26-27-4/h5-6,10-14,18-19H,7-9,15-17H2,1-4H3/b6-5+,26-14+. The van der Waals surface area contributed by atoms with Gasteiger partial charge in [-0.05, 0) is 74.6 Å². The Morgan fingerprint density at radius 3 is 2.27 bits per heavy atom. The van der Waals surface area contributed by atoms with Crippen molar-refractivity contribution in [2.45, 2.75) is 40.0 Å². The van der Waals surface area contributed by atoms with Crippen LogP contribution in [0.4, 0.5) is 0 Å². The number of allylic oxidation sites excluding steroid dienone is 1. The van der Waals surface area contributed by atoms with Crippen molar-refractivity contribution < 1.29 is 19.0 Å². The van der Waals surface area contributed by atoms with Crippen LogP contribution in [0.25, 0.3) is 0 Å². The Balaban J connectivity index is 1.71. The summed E-state index contributed by atoms with van der Waals surface area (Å²) in [7, 11) is 1.55. The van der Waals surface area contributed by atoms with Crippen molar-refractivity contribution in [1.82, 2.24) is 0 Å². The molecule has 30 heavy (non-hydrogen) atoms.